The Hall–Kier alpha value is -3.44. The highest BCUT2D eigenvalue weighted by Gasteiger charge is 2.27. The van der Waals surface area contributed by atoms with Crippen molar-refractivity contribution in [3.05, 3.63) is 52.6 Å². The Morgan fingerprint density at radius 3 is 2.55 bits per heavy atom. The van der Waals surface area contributed by atoms with Crippen LogP contribution in [0.25, 0.3) is 6.08 Å². The minimum atomic E-state index is -0.458. The van der Waals surface area contributed by atoms with E-state index >= 15 is 0 Å². The van der Waals surface area contributed by atoms with Crippen molar-refractivity contribution in [2.75, 3.05) is 51.4 Å². The number of piperazine rings is 1. The molecule has 2 saturated heterocycles. The van der Waals surface area contributed by atoms with E-state index < -0.39 is 11.1 Å². The second-order valence-corrected chi connectivity index (χ2v) is 8.28. The summed E-state index contributed by atoms with van der Waals surface area (Å²) in [5, 5.41) is 1.81. The Morgan fingerprint density at radius 1 is 1.12 bits per heavy atom. The van der Waals surface area contributed by atoms with Crippen LogP contribution in [0.2, 0.25) is 0 Å². The van der Waals surface area contributed by atoms with Gasteiger partial charge in [-0.25, -0.2) is 4.98 Å². The van der Waals surface area contributed by atoms with Crippen LogP contribution in [0, 0.1) is 0 Å². The molecular formula is C22H23N5O5S. The fourth-order valence-electron chi connectivity index (χ4n) is 3.38. The Morgan fingerprint density at radius 2 is 1.88 bits per heavy atom. The smallest absolute Gasteiger partial charge is 0.290 e. The summed E-state index contributed by atoms with van der Waals surface area (Å²) in [5.74, 6) is 0.298. The molecule has 33 heavy (non-hydrogen) atoms. The maximum absolute atomic E-state index is 12.7. The Kier molecular flexibility index (Phi) is 7.20. The van der Waals surface area contributed by atoms with E-state index in [4.69, 9.17) is 9.47 Å². The van der Waals surface area contributed by atoms with Crippen LogP contribution in [-0.4, -0.2) is 78.4 Å². The van der Waals surface area contributed by atoms with E-state index in [1.54, 1.807) is 30.2 Å². The van der Waals surface area contributed by atoms with Gasteiger partial charge in [0.1, 0.15) is 6.61 Å². The van der Waals surface area contributed by atoms with Gasteiger partial charge in [-0.2, -0.15) is 4.98 Å². The molecule has 1 N–H and O–H groups in total. The summed E-state index contributed by atoms with van der Waals surface area (Å²) in [6, 6.07) is 10.8. The number of hydrogen-bond acceptors (Lipinski definition) is 9. The SMILES string of the molecule is COCCOc1cc(C=C2SC(=O)NC2=O)nc(N2CCN(C(=O)c3ccccc3)CC2)n1. The van der Waals surface area contributed by atoms with E-state index in [-0.39, 0.29) is 10.8 Å². The molecule has 0 spiro atoms. The zero-order valence-corrected chi connectivity index (χ0v) is 18.8. The van der Waals surface area contributed by atoms with E-state index in [1.165, 1.54) is 6.08 Å². The summed E-state index contributed by atoms with van der Waals surface area (Å²) in [6.07, 6.45) is 1.54. The molecule has 0 unspecified atom stereocenters. The molecule has 3 heterocycles. The van der Waals surface area contributed by atoms with Crippen molar-refractivity contribution >= 4 is 40.8 Å². The molecule has 2 fully saturated rings. The van der Waals surface area contributed by atoms with Gasteiger partial charge in [0.05, 0.1) is 17.2 Å². The lowest BCUT2D eigenvalue weighted by atomic mass is 10.2. The first-order valence-electron chi connectivity index (χ1n) is 10.4. The van der Waals surface area contributed by atoms with E-state index in [0.717, 1.165) is 11.8 Å². The predicted molar refractivity (Wildman–Crippen MR) is 123 cm³/mol. The van der Waals surface area contributed by atoms with Gasteiger partial charge in [-0.05, 0) is 30.0 Å². The quantitative estimate of drug-likeness (QED) is 0.479. The van der Waals surface area contributed by atoms with Gasteiger partial charge in [0.15, 0.2) is 0 Å². The largest absolute Gasteiger partial charge is 0.475 e. The molecule has 4 rings (SSSR count). The predicted octanol–water partition coefficient (Wildman–Crippen LogP) is 1.79. The van der Waals surface area contributed by atoms with Crippen molar-refractivity contribution in [3.8, 4) is 5.88 Å². The van der Waals surface area contributed by atoms with Crippen molar-refractivity contribution in [1.29, 1.82) is 0 Å². The number of rotatable bonds is 7. The lowest BCUT2D eigenvalue weighted by Crippen LogP contribution is -2.49. The third kappa shape index (κ3) is 5.68. The number of thioether (sulfide) groups is 1. The van der Waals surface area contributed by atoms with Crippen molar-refractivity contribution in [1.82, 2.24) is 20.2 Å². The first-order valence-corrected chi connectivity index (χ1v) is 11.2. The van der Waals surface area contributed by atoms with Crippen molar-refractivity contribution in [2.24, 2.45) is 0 Å². The highest BCUT2D eigenvalue weighted by atomic mass is 32.2. The number of nitrogens with zero attached hydrogens (tertiary/aromatic N) is 4. The number of imide groups is 1. The zero-order chi connectivity index (χ0) is 23.2. The highest BCUT2D eigenvalue weighted by molar-refractivity contribution is 8.18. The normalized spacial score (nSPS) is 17.4. The summed E-state index contributed by atoms with van der Waals surface area (Å²) >= 11 is 0.821. The minimum Gasteiger partial charge on any atom is -0.475 e. The molecule has 172 valence electrons. The summed E-state index contributed by atoms with van der Waals surface area (Å²) in [7, 11) is 1.58. The lowest BCUT2D eigenvalue weighted by Gasteiger charge is -2.35. The molecular weight excluding hydrogens is 446 g/mol. The van der Waals surface area contributed by atoms with E-state index in [2.05, 4.69) is 15.3 Å². The standard InChI is InChI=1S/C22H23N5O5S/c1-31-11-12-32-18-14-16(13-17-19(28)25-22(30)33-17)23-21(24-18)27-9-7-26(8-10-27)20(29)15-5-3-2-4-6-15/h2-6,13-14H,7-12H2,1H3,(H,25,28,30). The number of benzene rings is 1. The van der Waals surface area contributed by atoms with Crippen LogP contribution in [0.4, 0.5) is 10.7 Å². The van der Waals surface area contributed by atoms with Crippen LogP contribution in [0.3, 0.4) is 0 Å². The molecule has 0 bridgehead atoms. The van der Waals surface area contributed by atoms with Gasteiger partial charge in [-0.15, -0.1) is 0 Å². The molecule has 11 heteroatoms. The molecule has 0 aliphatic carbocycles. The van der Waals surface area contributed by atoms with Crippen molar-refractivity contribution in [2.45, 2.75) is 0 Å². The average molecular weight is 470 g/mol. The number of aromatic nitrogens is 2. The highest BCUT2D eigenvalue weighted by Crippen LogP contribution is 2.27. The Labute approximate surface area is 195 Å². The molecule has 2 aliphatic rings. The first-order chi connectivity index (χ1) is 16.0. The molecule has 2 aliphatic heterocycles. The number of anilines is 1. The maximum Gasteiger partial charge on any atom is 0.290 e. The van der Waals surface area contributed by atoms with Crippen LogP contribution in [0.5, 0.6) is 5.88 Å². The molecule has 10 nitrogen and oxygen atoms in total. The first kappa shape index (κ1) is 22.7. The molecule has 0 saturated carbocycles. The second-order valence-electron chi connectivity index (χ2n) is 7.27. The summed E-state index contributed by atoms with van der Waals surface area (Å²) < 4.78 is 10.7. The molecule has 0 radical (unpaired) electrons. The number of amides is 3. The van der Waals surface area contributed by atoms with Gasteiger partial charge in [-0.1, -0.05) is 18.2 Å². The molecule has 1 aromatic carbocycles. The van der Waals surface area contributed by atoms with Crippen LogP contribution < -0.4 is 15.0 Å². The lowest BCUT2D eigenvalue weighted by molar-refractivity contribution is -0.115. The molecule has 2 aromatic rings. The van der Waals surface area contributed by atoms with Crippen LogP contribution in [0.15, 0.2) is 41.3 Å². The number of carbonyl (C=O) groups excluding carboxylic acids is 3. The van der Waals surface area contributed by atoms with Gasteiger partial charge in [0.25, 0.3) is 17.1 Å². The number of ether oxygens (including phenoxy) is 2. The molecule has 1 aromatic heterocycles. The van der Waals surface area contributed by atoms with E-state index in [1.807, 2.05) is 23.1 Å². The summed E-state index contributed by atoms with van der Waals surface area (Å²) in [6.45, 7) is 2.83. The van der Waals surface area contributed by atoms with Gasteiger partial charge in [-0.3, -0.25) is 19.7 Å². The Balaban J connectivity index is 1.51. The topological polar surface area (TPSA) is 114 Å². The monoisotopic (exact) mass is 469 g/mol. The number of nitrogens with one attached hydrogen (secondary N) is 1. The summed E-state index contributed by atoms with van der Waals surface area (Å²) in [5.41, 5.74) is 1.11. The van der Waals surface area contributed by atoms with Crippen LogP contribution >= 0.6 is 11.8 Å². The second kappa shape index (κ2) is 10.5. The van der Waals surface area contributed by atoms with E-state index in [0.29, 0.717) is 62.5 Å². The van der Waals surface area contributed by atoms with Crippen LogP contribution in [0.1, 0.15) is 16.1 Å². The molecule has 3 amide bonds. The number of hydrogen-bond donors (Lipinski definition) is 1. The van der Waals surface area contributed by atoms with Gasteiger partial charge in [0.2, 0.25) is 11.8 Å². The average Bonchev–Trinajstić information content (AvgIpc) is 3.15. The van der Waals surface area contributed by atoms with Crippen molar-refractivity contribution < 1.29 is 23.9 Å². The van der Waals surface area contributed by atoms with Gasteiger partial charge in [0, 0.05) is 44.9 Å². The molecule has 0 atom stereocenters. The van der Waals surface area contributed by atoms with Crippen LogP contribution in [-0.2, 0) is 9.53 Å². The maximum atomic E-state index is 12.7. The van der Waals surface area contributed by atoms with Crippen molar-refractivity contribution in [3.63, 3.8) is 0 Å². The zero-order valence-electron chi connectivity index (χ0n) is 18.0. The minimum absolute atomic E-state index is 0.00724. The third-order valence-electron chi connectivity index (χ3n) is 5.04. The van der Waals surface area contributed by atoms with E-state index in [9.17, 15) is 14.4 Å². The fourth-order valence-corrected chi connectivity index (χ4v) is 4.04. The van der Waals surface area contributed by atoms with Gasteiger partial charge < -0.3 is 19.3 Å². The fraction of sp³-hybridized carbons (Fsp3) is 0.318. The third-order valence-corrected chi connectivity index (χ3v) is 5.85. The Bertz CT molecular complexity index is 1070. The summed E-state index contributed by atoms with van der Waals surface area (Å²) in [4.78, 5) is 49.2. The number of methoxy groups -OCH3 is 1. The number of carbonyl (C=O) groups is 3. The van der Waals surface area contributed by atoms with Gasteiger partial charge >= 0.3 is 0 Å².